The first-order valence-corrected chi connectivity index (χ1v) is 11.5. The van der Waals surface area contributed by atoms with Gasteiger partial charge in [0, 0.05) is 17.8 Å². The van der Waals surface area contributed by atoms with Gasteiger partial charge in [-0.05, 0) is 36.4 Å². The van der Waals surface area contributed by atoms with Crippen LogP contribution in [0.1, 0.15) is 0 Å². The molecule has 2 aromatic carbocycles. The van der Waals surface area contributed by atoms with Crippen molar-refractivity contribution in [3.63, 3.8) is 0 Å². The summed E-state index contributed by atoms with van der Waals surface area (Å²) in [5, 5.41) is 3.09. The number of ether oxygens (including phenoxy) is 1. The molecule has 0 unspecified atom stereocenters. The third-order valence-corrected chi connectivity index (χ3v) is 6.92. The first kappa shape index (κ1) is 19.7. The molecule has 0 fully saturated rings. The lowest BCUT2D eigenvalue weighted by Crippen LogP contribution is -2.48. The highest BCUT2D eigenvalue weighted by Gasteiger charge is 2.35. The standard InChI is InChI=1S/C18H16ClN3O5S2/c1-21-12-5-4-11(8-16(12)28-18(21)24)20-17(23)15-9-22(29(2,25)26)13-7-10(19)3-6-14(13)27-15/h3-8,15H,9H2,1-2H3,(H,20,23)/t15-/m1/s1. The molecule has 0 bridgehead atoms. The van der Waals surface area contributed by atoms with E-state index in [0.717, 1.165) is 32.1 Å². The Labute approximate surface area is 175 Å². The van der Waals surface area contributed by atoms with Gasteiger partial charge in [-0.15, -0.1) is 0 Å². The number of carbonyl (C=O) groups is 1. The summed E-state index contributed by atoms with van der Waals surface area (Å²) in [6.45, 7) is -0.182. The number of amides is 1. The van der Waals surface area contributed by atoms with Crippen LogP contribution in [0.5, 0.6) is 5.75 Å². The molecule has 0 radical (unpaired) electrons. The lowest BCUT2D eigenvalue weighted by atomic mass is 10.2. The fraction of sp³-hybridized carbons (Fsp3) is 0.222. The van der Waals surface area contributed by atoms with E-state index >= 15 is 0 Å². The Morgan fingerprint density at radius 3 is 2.76 bits per heavy atom. The molecule has 0 aliphatic carbocycles. The number of aryl methyl sites for hydroxylation is 1. The van der Waals surface area contributed by atoms with Gasteiger partial charge in [0.15, 0.2) is 6.10 Å². The van der Waals surface area contributed by atoms with Crippen LogP contribution in [0.15, 0.2) is 41.2 Å². The maximum absolute atomic E-state index is 12.8. The number of rotatable bonds is 3. The number of thiazole rings is 1. The fourth-order valence-electron chi connectivity index (χ4n) is 3.11. The van der Waals surface area contributed by atoms with Gasteiger partial charge in [-0.3, -0.25) is 13.9 Å². The van der Waals surface area contributed by atoms with Crippen LogP contribution in [0.25, 0.3) is 10.2 Å². The summed E-state index contributed by atoms with van der Waals surface area (Å²) in [4.78, 5) is 24.5. The molecule has 0 saturated heterocycles. The number of carbonyl (C=O) groups excluding carboxylic acids is 1. The Balaban J connectivity index is 1.62. The number of sulfonamides is 1. The molecular weight excluding hydrogens is 438 g/mol. The van der Waals surface area contributed by atoms with E-state index in [9.17, 15) is 18.0 Å². The molecule has 3 aromatic rings. The molecular formula is C18H16ClN3O5S2. The van der Waals surface area contributed by atoms with Crippen molar-refractivity contribution in [2.45, 2.75) is 6.10 Å². The van der Waals surface area contributed by atoms with Crippen molar-refractivity contribution in [3.05, 3.63) is 51.1 Å². The van der Waals surface area contributed by atoms with Crippen molar-refractivity contribution < 1.29 is 17.9 Å². The average molecular weight is 454 g/mol. The van der Waals surface area contributed by atoms with Gasteiger partial charge in [0.1, 0.15) is 5.75 Å². The lowest BCUT2D eigenvalue weighted by molar-refractivity contribution is -0.122. The van der Waals surface area contributed by atoms with Crippen LogP contribution in [0.3, 0.4) is 0 Å². The van der Waals surface area contributed by atoms with Crippen molar-refractivity contribution >= 4 is 60.5 Å². The summed E-state index contributed by atoms with van der Waals surface area (Å²) >= 11 is 7.06. The van der Waals surface area contributed by atoms with Crippen LogP contribution >= 0.6 is 22.9 Å². The molecule has 2 heterocycles. The quantitative estimate of drug-likeness (QED) is 0.656. The topological polar surface area (TPSA) is 97.7 Å². The van der Waals surface area contributed by atoms with E-state index in [1.165, 1.54) is 16.7 Å². The van der Waals surface area contributed by atoms with E-state index in [4.69, 9.17) is 16.3 Å². The highest BCUT2D eigenvalue weighted by Crippen LogP contribution is 2.37. The zero-order valence-electron chi connectivity index (χ0n) is 15.4. The summed E-state index contributed by atoms with van der Waals surface area (Å²) in [6.07, 6.45) is 0.00652. The Morgan fingerprint density at radius 1 is 1.28 bits per heavy atom. The third-order valence-electron chi connectivity index (χ3n) is 4.54. The van der Waals surface area contributed by atoms with Gasteiger partial charge in [-0.1, -0.05) is 22.9 Å². The predicted octanol–water partition coefficient (Wildman–Crippen LogP) is 2.42. The molecule has 1 aliphatic rings. The number of hydrogen-bond donors (Lipinski definition) is 1. The normalized spacial score (nSPS) is 16.4. The molecule has 1 aromatic heterocycles. The summed E-state index contributed by atoms with van der Waals surface area (Å²) in [6, 6.07) is 9.69. The molecule has 0 saturated carbocycles. The SMILES string of the molecule is Cn1c(=O)sc2cc(NC(=O)[C@H]3CN(S(C)(=O)=O)c4cc(Cl)ccc4O3)ccc21. The van der Waals surface area contributed by atoms with Gasteiger partial charge >= 0.3 is 4.87 Å². The molecule has 11 heteroatoms. The second-order valence-corrected chi connectivity index (χ2v) is 9.95. The summed E-state index contributed by atoms with van der Waals surface area (Å²) in [5.74, 6) is -0.246. The number of fused-ring (bicyclic) bond motifs is 2. The Bertz CT molecular complexity index is 1300. The number of anilines is 2. The highest BCUT2D eigenvalue weighted by molar-refractivity contribution is 7.92. The molecule has 29 heavy (non-hydrogen) atoms. The summed E-state index contributed by atoms with van der Waals surface area (Å²) < 4.78 is 33.6. The minimum atomic E-state index is -3.65. The van der Waals surface area contributed by atoms with Gasteiger partial charge in [-0.25, -0.2) is 8.42 Å². The van der Waals surface area contributed by atoms with Crippen LogP contribution in [0, 0.1) is 0 Å². The van der Waals surface area contributed by atoms with E-state index in [1.54, 1.807) is 31.3 Å². The largest absolute Gasteiger partial charge is 0.476 e. The minimum absolute atomic E-state index is 0.0989. The maximum atomic E-state index is 12.8. The zero-order valence-corrected chi connectivity index (χ0v) is 17.8. The second kappa shape index (κ2) is 7.05. The monoisotopic (exact) mass is 453 g/mol. The Hall–Kier alpha value is -2.56. The van der Waals surface area contributed by atoms with Gasteiger partial charge in [0.2, 0.25) is 10.0 Å². The highest BCUT2D eigenvalue weighted by atomic mass is 35.5. The van der Waals surface area contributed by atoms with Gasteiger partial charge in [-0.2, -0.15) is 0 Å². The first-order chi connectivity index (χ1) is 13.6. The van der Waals surface area contributed by atoms with E-state index in [-0.39, 0.29) is 17.2 Å². The van der Waals surface area contributed by atoms with E-state index in [1.807, 2.05) is 0 Å². The average Bonchev–Trinajstić information content (AvgIpc) is 2.93. The van der Waals surface area contributed by atoms with Crippen LogP contribution in [-0.2, 0) is 21.9 Å². The molecule has 1 N–H and O–H groups in total. The van der Waals surface area contributed by atoms with E-state index in [0.29, 0.717) is 16.4 Å². The first-order valence-electron chi connectivity index (χ1n) is 8.48. The van der Waals surface area contributed by atoms with Crippen LogP contribution in [0.2, 0.25) is 5.02 Å². The second-order valence-electron chi connectivity index (χ2n) is 6.61. The molecule has 1 amide bonds. The van der Waals surface area contributed by atoms with Crippen molar-refractivity contribution in [1.29, 1.82) is 0 Å². The minimum Gasteiger partial charge on any atom is -0.476 e. The van der Waals surface area contributed by atoms with Crippen LogP contribution in [0.4, 0.5) is 11.4 Å². The number of nitrogens with one attached hydrogen (secondary N) is 1. The number of aromatic nitrogens is 1. The van der Waals surface area contributed by atoms with Crippen LogP contribution in [-0.4, -0.2) is 37.8 Å². The van der Waals surface area contributed by atoms with Crippen LogP contribution < -0.4 is 19.2 Å². The molecule has 1 aliphatic heterocycles. The summed E-state index contributed by atoms with van der Waals surface area (Å²) in [7, 11) is -1.97. The van der Waals surface area contributed by atoms with E-state index < -0.39 is 22.0 Å². The number of halogens is 1. The number of nitrogens with zero attached hydrogens (tertiary/aromatic N) is 2. The van der Waals surface area contributed by atoms with Gasteiger partial charge in [0.25, 0.3) is 5.91 Å². The van der Waals surface area contributed by atoms with Crippen molar-refractivity contribution in [2.75, 3.05) is 22.4 Å². The number of hydrogen-bond acceptors (Lipinski definition) is 6. The summed E-state index contributed by atoms with van der Waals surface area (Å²) in [5.41, 5.74) is 1.54. The third kappa shape index (κ3) is 3.70. The van der Waals surface area contributed by atoms with Gasteiger partial charge in [0.05, 0.1) is 28.7 Å². The predicted molar refractivity (Wildman–Crippen MR) is 114 cm³/mol. The van der Waals surface area contributed by atoms with Crippen molar-refractivity contribution in [3.8, 4) is 5.75 Å². The fourth-order valence-corrected chi connectivity index (χ4v) is 5.10. The molecule has 8 nitrogen and oxygen atoms in total. The smallest absolute Gasteiger partial charge is 0.307 e. The Kier molecular flexibility index (Phi) is 4.80. The van der Waals surface area contributed by atoms with Gasteiger partial charge < -0.3 is 14.6 Å². The maximum Gasteiger partial charge on any atom is 0.307 e. The zero-order chi connectivity index (χ0) is 20.9. The van der Waals surface area contributed by atoms with E-state index in [2.05, 4.69) is 5.32 Å². The lowest BCUT2D eigenvalue weighted by Gasteiger charge is -2.34. The molecule has 0 spiro atoms. The number of benzene rings is 2. The Morgan fingerprint density at radius 2 is 2.03 bits per heavy atom. The van der Waals surface area contributed by atoms with Crippen molar-refractivity contribution in [2.24, 2.45) is 7.05 Å². The molecule has 152 valence electrons. The molecule has 1 atom stereocenters. The molecule has 4 rings (SSSR count). The van der Waals surface area contributed by atoms with Crippen molar-refractivity contribution in [1.82, 2.24) is 4.57 Å².